The SMILES string of the molecule is CCC(=O)N(Cc1cccc(C(=O)NCC/C(C)=C/C=C\C2CCCCC2)c1)c1ccccc1. The molecule has 0 aliphatic heterocycles. The van der Waals surface area contributed by atoms with Gasteiger partial charge in [0.15, 0.2) is 0 Å². The molecule has 1 aliphatic carbocycles. The molecule has 2 aromatic carbocycles. The van der Waals surface area contributed by atoms with Crippen molar-refractivity contribution in [1.29, 1.82) is 0 Å². The Balaban J connectivity index is 1.53. The Labute approximate surface area is 204 Å². The van der Waals surface area contributed by atoms with Gasteiger partial charge in [0.05, 0.1) is 6.54 Å². The van der Waals surface area contributed by atoms with E-state index in [9.17, 15) is 9.59 Å². The second kappa shape index (κ2) is 13.5. The monoisotopic (exact) mass is 458 g/mol. The minimum Gasteiger partial charge on any atom is -0.352 e. The molecular formula is C30H38N2O2. The Hall–Kier alpha value is -3.14. The molecule has 0 radical (unpaired) electrons. The summed E-state index contributed by atoms with van der Waals surface area (Å²) in [5.74, 6) is 0.705. The number of carbonyl (C=O) groups excluding carboxylic acids is 2. The first-order valence-electron chi connectivity index (χ1n) is 12.6. The average molecular weight is 459 g/mol. The largest absolute Gasteiger partial charge is 0.352 e. The maximum atomic E-state index is 12.7. The molecule has 34 heavy (non-hydrogen) atoms. The summed E-state index contributed by atoms with van der Waals surface area (Å²) in [5, 5.41) is 3.03. The third-order valence-corrected chi connectivity index (χ3v) is 6.42. The van der Waals surface area contributed by atoms with Gasteiger partial charge in [-0.15, -0.1) is 0 Å². The van der Waals surface area contributed by atoms with Crippen molar-refractivity contribution in [2.24, 2.45) is 5.92 Å². The van der Waals surface area contributed by atoms with Crippen LogP contribution in [0.3, 0.4) is 0 Å². The summed E-state index contributed by atoms with van der Waals surface area (Å²) in [6, 6.07) is 17.2. The van der Waals surface area contributed by atoms with Gasteiger partial charge in [0.25, 0.3) is 5.91 Å². The highest BCUT2D eigenvalue weighted by molar-refractivity contribution is 5.95. The number of anilines is 1. The van der Waals surface area contributed by atoms with E-state index in [2.05, 4.69) is 30.5 Å². The van der Waals surface area contributed by atoms with Crippen molar-refractivity contribution in [2.45, 2.75) is 65.3 Å². The first kappa shape index (κ1) is 25.5. The first-order valence-corrected chi connectivity index (χ1v) is 12.6. The van der Waals surface area contributed by atoms with Crippen LogP contribution in [0.5, 0.6) is 0 Å². The van der Waals surface area contributed by atoms with Crippen LogP contribution in [0.15, 0.2) is 78.4 Å². The zero-order valence-corrected chi connectivity index (χ0v) is 20.6. The molecule has 2 amide bonds. The van der Waals surface area contributed by atoms with Crippen molar-refractivity contribution >= 4 is 17.5 Å². The first-order chi connectivity index (χ1) is 16.6. The van der Waals surface area contributed by atoms with Crippen LogP contribution in [0.1, 0.15) is 74.7 Å². The Morgan fingerprint density at radius 3 is 2.53 bits per heavy atom. The summed E-state index contributed by atoms with van der Waals surface area (Å²) in [5.41, 5.74) is 3.68. The lowest BCUT2D eigenvalue weighted by Gasteiger charge is -2.22. The van der Waals surface area contributed by atoms with Gasteiger partial charge in [0, 0.05) is 24.2 Å². The molecule has 1 aliphatic rings. The van der Waals surface area contributed by atoms with Crippen molar-refractivity contribution in [3.05, 3.63) is 89.5 Å². The molecule has 0 saturated heterocycles. The third-order valence-electron chi connectivity index (χ3n) is 6.42. The number of amides is 2. The standard InChI is InChI=1S/C30H38N2O2/c1-3-29(33)32(28-18-8-5-9-19-28)23-26-16-11-17-27(22-26)30(34)31-21-20-24(2)12-10-15-25-13-6-4-7-14-25/h5,8-12,15-19,22,25H,3-4,6-7,13-14,20-21,23H2,1-2H3,(H,31,34)/b15-10-,24-12+. The normalized spacial score (nSPS) is 14.8. The molecule has 4 nitrogen and oxygen atoms in total. The summed E-state index contributed by atoms with van der Waals surface area (Å²) in [4.78, 5) is 27.0. The fourth-order valence-electron chi connectivity index (χ4n) is 4.38. The fraction of sp³-hybridized carbons (Fsp3) is 0.400. The van der Waals surface area contributed by atoms with E-state index in [1.165, 1.54) is 37.7 Å². The average Bonchev–Trinajstić information content (AvgIpc) is 2.88. The minimum atomic E-state index is -0.0829. The summed E-state index contributed by atoms with van der Waals surface area (Å²) in [7, 11) is 0. The van der Waals surface area contributed by atoms with E-state index < -0.39 is 0 Å². The predicted molar refractivity (Wildman–Crippen MR) is 141 cm³/mol. The summed E-state index contributed by atoms with van der Waals surface area (Å²) >= 11 is 0. The molecule has 3 rings (SSSR count). The van der Waals surface area contributed by atoms with E-state index in [1.807, 2.05) is 61.5 Å². The predicted octanol–water partition coefficient (Wildman–Crippen LogP) is 6.83. The Kier molecular flexibility index (Phi) is 10.1. The van der Waals surface area contributed by atoms with Gasteiger partial charge in [0.1, 0.15) is 0 Å². The van der Waals surface area contributed by atoms with E-state index in [0.717, 1.165) is 23.6 Å². The van der Waals surface area contributed by atoms with Gasteiger partial charge in [-0.3, -0.25) is 9.59 Å². The minimum absolute atomic E-state index is 0.0563. The molecule has 1 fully saturated rings. The number of benzene rings is 2. The lowest BCUT2D eigenvalue weighted by atomic mass is 9.89. The molecular weight excluding hydrogens is 420 g/mol. The number of nitrogens with one attached hydrogen (secondary N) is 1. The van der Waals surface area contributed by atoms with Gasteiger partial charge >= 0.3 is 0 Å². The van der Waals surface area contributed by atoms with Crippen LogP contribution in [-0.4, -0.2) is 18.4 Å². The molecule has 1 N–H and O–H groups in total. The van der Waals surface area contributed by atoms with Gasteiger partial charge in [-0.2, -0.15) is 0 Å². The van der Waals surface area contributed by atoms with Crippen LogP contribution in [0.25, 0.3) is 0 Å². The molecule has 1 saturated carbocycles. The van der Waals surface area contributed by atoms with E-state index in [-0.39, 0.29) is 11.8 Å². The number of rotatable bonds is 10. The number of hydrogen-bond donors (Lipinski definition) is 1. The molecule has 0 bridgehead atoms. The third kappa shape index (κ3) is 8.02. The summed E-state index contributed by atoms with van der Waals surface area (Å²) < 4.78 is 0. The Morgan fingerprint density at radius 2 is 1.79 bits per heavy atom. The van der Waals surface area contributed by atoms with Crippen LogP contribution >= 0.6 is 0 Å². The van der Waals surface area contributed by atoms with Crippen molar-refractivity contribution in [3.63, 3.8) is 0 Å². The number of allylic oxidation sites excluding steroid dienone is 3. The number of nitrogens with zero attached hydrogens (tertiary/aromatic N) is 1. The quantitative estimate of drug-likeness (QED) is 0.397. The van der Waals surface area contributed by atoms with Gasteiger partial charge < -0.3 is 10.2 Å². The van der Waals surface area contributed by atoms with Crippen molar-refractivity contribution in [1.82, 2.24) is 5.32 Å². The molecule has 0 spiro atoms. The maximum absolute atomic E-state index is 12.7. The Morgan fingerprint density at radius 1 is 1.03 bits per heavy atom. The Bertz CT molecular complexity index is 988. The van der Waals surface area contributed by atoms with Crippen molar-refractivity contribution in [2.75, 3.05) is 11.4 Å². The molecule has 2 aromatic rings. The smallest absolute Gasteiger partial charge is 0.251 e. The summed E-state index contributed by atoms with van der Waals surface area (Å²) in [6.45, 7) is 5.02. The van der Waals surface area contributed by atoms with E-state index >= 15 is 0 Å². The number of hydrogen-bond acceptors (Lipinski definition) is 2. The molecule has 180 valence electrons. The highest BCUT2D eigenvalue weighted by Gasteiger charge is 2.15. The number of para-hydroxylation sites is 1. The van der Waals surface area contributed by atoms with Crippen LogP contribution < -0.4 is 10.2 Å². The zero-order chi connectivity index (χ0) is 24.2. The van der Waals surface area contributed by atoms with E-state index in [0.29, 0.717) is 25.1 Å². The molecule has 0 unspecified atom stereocenters. The van der Waals surface area contributed by atoms with E-state index in [4.69, 9.17) is 0 Å². The second-order valence-electron chi connectivity index (χ2n) is 9.17. The van der Waals surface area contributed by atoms with Gasteiger partial charge in [0.2, 0.25) is 5.91 Å². The van der Waals surface area contributed by atoms with Gasteiger partial charge in [-0.1, -0.05) is 80.3 Å². The molecule has 0 aromatic heterocycles. The van der Waals surface area contributed by atoms with Gasteiger partial charge in [-0.25, -0.2) is 0 Å². The van der Waals surface area contributed by atoms with Crippen LogP contribution in [-0.2, 0) is 11.3 Å². The molecule has 4 heteroatoms. The van der Waals surface area contributed by atoms with E-state index in [1.54, 1.807) is 4.90 Å². The fourth-order valence-corrected chi connectivity index (χ4v) is 4.38. The summed E-state index contributed by atoms with van der Waals surface area (Å²) in [6.07, 6.45) is 14.7. The van der Waals surface area contributed by atoms with Crippen molar-refractivity contribution in [3.8, 4) is 0 Å². The highest BCUT2D eigenvalue weighted by Crippen LogP contribution is 2.24. The zero-order valence-electron chi connectivity index (χ0n) is 20.6. The van der Waals surface area contributed by atoms with Gasteiger partial charge in [-0.05, 0) is 61.9 Å². The lowest BCUT2D eigenvalue weighted by Crippen LogP contribution is -2.30. The van der Waals surface area contributed by atoms with Crippen LogP contribution in [0, 0.1) is 5.92 Å². The molecule has 0 atom stereocenters. The van der Waals surface area contributed by atoms with Crippen molar-refractivity contribution < 1.29 is 9.59 Å². The second-order valence-corrected chi connectivity index (χ2v) is 9.17. The van der Waals surface area contributed by atoms with Crippen LogP contribution in [0.4, 0.5) is 5.69 Å². The maximum Gasteiger partial charge on any atom is 0.251 e. The highest BCUT2D eigenvalue weighted by atomic mass is 16.2. The lowest BCUT2D eigenvalue weighted by molar-refractivity contribution is -0.118. The van der Waals surface area contributed by atoms with Crippen LogP contribution in [0.2, 0.25) is 0 Å². The number of carbonyl (C=O) groups is 2. The molecule has 0 heterocycles. The topological polar surface area (TPSA) is 49.4 Å².